The standard InChI is InChI=1S/C23H26N4O4/c1-16(28)13-26(18-11-7-4-8-12-18)15-19(29)20-21(24)27(23(31)25(2)22(20)30)14-17-9-5-3-6-10-17/h3-12,16,28H,13-15,24H2,1-2H3. The molecular weight excluding hydrogens is 396 g/mol. The van der Waals surface area contributed by atoms with Gasteiger partial charge < -0.3 is 15.7 Å². The van der Waals surface area contributed by atoms with Crippen LogP contribution in [0.1, 0.15) is 22.8 Å². The van der Waals surface area contributed by atoms with Crippen molar-refractivity contribution in [2.24, 2.45) is 7.05 Å². The molecule has 0 aliphatic heterocycles. The Hall–Kier alpha value is -3.65. The van der Waals surface area contributed by atoms with Gasteiger partial charge >= 0.3 is 5.69 Å². The number of carbonyl (C=O) groups excluding carboxylic acids is 1. The highest BCUT2D eigenvalue weighted by atomic mass is 16.3. The summed E-state index contributed by atoms with van der Waals surface area (Å²) in [5, 5.41) is 9.88. The number of nitrogens with zero attached hydrogens (tertiary/aromatic N) is 3. The van der Waals surface area contributed by atoms with E-state index in [-0.39, 0.29) is 31.0 Å². The van der Waals surface area contributed by atoms with Crippen molar-refractivity contribution in [3.8, 4) is 0 Å². The Morgan fingerprint density at radius 3 is 2.23 bits per heavy atom. The summed E-state index contributed by atoms with van der Waals surface area (Å²) < 4.78 is 2.12. The van der Waals surface area contributed by atoms with Crippen LogP contribution < -0.4 is 21.9 Å². The minimum Gasteiger partial charge on any atom is -0.392 e. The van der Waals surface area contributed by atoms with Crippen LogP contribution in [0.15, 0.2) is 70.3 Å². The van der Waals surface area contributed by atoms with Gasteiger partial charge in [0, 0.05) is 19.3 Å². The third-order valence-electron chi connectivity index (χ3n) is 4.99. The number of rotatable bonds is 8. The molecule has 0 amide bonds. The van der Waals surface area contributed by atoms with E-state index in [0.717, 1.165) is 15.8 Å². The number of ketones is 1. The van der Waals surface area contributed by atoms with Crippen molar-refractivity contribution in [2.75, 3.05) is 23.7 Å². The van der Waals surface area contributed by atoms with Crippen molar-refractivity contribution in [1.29, 1.82) is 0 Å². The maximum atomic E-state index is 13.2. The average Bonchev–Trinajstić information content (AvgIpc) is 2.76. The molecule has 0 spiro atoms. The van der Waals surface area contributed by atoms with Gasteiger partial charge in [-0.3, -0.25) is 18.7 Å². The van der Waals surface area contributed by atoms with Crippen LogP contribution in [0, 0.1) is 0 Å². The molecule has 0 saturated carbocycles. The second-order valence-electron chi connectivity index (χ2n) is 7.47. The molecule has 3 aromatic rings. The quantitative estimate of drug-likeness (QED) is 0.529. The van der Waals surface area contributed by atoms with Crippen LogP contribution in [-0.2, 0) is 13.6 Å². The summed E-state index contributed by atoms with van der Waals surface area (Å²) >= 11 is 0. The molecule has 31 heavy (non-hydrogen) atoms. The van der Waals surface area contributed by atoms with Crippen LogP contribution in [0.3, 0.4) is 0 Å². The molecule has 2 aromatic carbocycles. The first kappa shape index (κ1) is 22.0. The van der Waals surface area contributed by atoms with Crippen LogP contribution in [0.25, 0.3) is 0 Å². The Bertz CT molecular complexity index is 1170. The van der Waals surface area contributed by atoms with Crippen molar-refractivity contribution in [1.82, 2.24) is 9.13 Å². The Morgan fingerprint density at radius 2 is 1.65 bits per heavy atom. The summed E-state index contributed by atoms with van der Waals surface area (Å²) in [4.78, 5) is 40.3. The summed E-state index contributed by atoms with van der Waals surface area (Å²) in [6.45, 7) is 1.78. The molecule has 0 radical (unpaired) electrons. The largest absolute Gasteiger partial charge is 0.392 e. The number of aromatic nitrogens is 2. The number of carbonyl (C=O) groups is 1. The first-order valence-corrected chi connectivity index (χ1v) is 9.94. The minimum absolute atomic E-state index is 0.135. The van der Waals surface area contributed by atoms with Gasteiger partial charge in [0.25, 0.3) is 5.56 Å². The number of benzene rings is 2. The lowest BCUT2D eigenvalue weighted by atomic mass is 10.1. The zero-order valence-corrected chi connectivity index (χ0v) is 17.6. The molecule has 0 fully saturated rings. The van der Waals surface area contributed by atoms with Gasteiger partial charge in [-0.25, -0.2) is 4.79 Å². The Kier molecular flexibility index (Phi) is 6.71. The smallest absolute Gasteiger partial charge is 0.332 e. The number of para-hydroxylation sites is 1. The fraction of sp³-hybridized carbons (Fsp3) is 0.261. The first-order chi connectivity index (χ1) is 14.8. The second-order valence-corrected chi connectivity index (χ2v) is 7.47. The molecule has 3 rings (SSSR count). The predicted molar refractivity (Wildman–Crippen MR) is 121 cm³/mol. The van der Waals surface area contributed by atoms with Crippen molar-refractivity contribution < 1.29 is 9.90 Å². The first-order valence-electron chi connectivity index (χ1n) is 9.94. The van der Waals surface area contributed by atoms with E-state index in [1.165, 1.54) is 11.6 Å². The van der Waals surface area contributed by atoms with Crippen molar-refractivity contribution >= 4 is 17.3 Å². The average molecular weight is 422 g/mol. The lowest BCUT2D eigenvalue weighted by molar-refractivity contribution is 0.0993. The van der Waals surface area contributed by atoms with Gasteiger partial charge in [-0.05, 0) is 24.6 Å². The maximum absolute atomic E-state index is 13.2. The number of anilines is 2. The highest BCUT2D eigenvalue weighted by Gasteiger charge is 2.24. The fourth-order valence-corrected chi connectivity index (χ4v) is 3.44. The Balaban J connectivity index is 2.01. The summed E-state index contributed by atoms with van der Waals surface area (Å²) in [5.41, 5.74) is 6.16. The molecule has 1 aromatic heterocycles. The van der Waals surface area contributed by atoms with E-state index in [9.17, 15) is 19.5 Å². The SMILES string of the molecule is CC(O)CN(CC(=O)c1c(N)n(Cc2ccccc2)c(=O)n(C)c1=O)c1ccccc1. The number of Topliss-reactive ketones (excluding diaryl/α,β-unsaturated/α-hetero) is 1. The lowest BCUT2D eigenvalue weighted by Gasteiger charge is -2.26. The minimum atomic E-state index is -0.734. The molecule has 0 aliphatic carbocycles. The molecule has 8 heteroatoms. The molecule has 0 saturated heterocycles. The Morgan fingerprint density at radius 1 is 1.06 bits per heavy atom. The number of aliphatic hydroxyl groups is 1. The van der Waals surface area contributed by atoms with E-state index in [2.05, 4.69) is 0 Å². The molecule has 1 unspecified atom stereocenters. The van der Waals surface area contributed by atoms with E-state index >= 15 is 0 Å². The highest BCUT2D eigenvalue weighted by Crippen LogP contribution is 2.16. The van der Waals surface area contributed by atoms with Crippen molar-refractivity contribution in [2.45, 2.75) is 19.6 Å². The molecule has 1 atom stereocenters. The third-order valence-corrected chi connectivity index (χ3v) is 4.99. The zero-order chi connectivity index (χ0) is 22.5. The molecule has 0 bridgehead atoms. The molecule has 0 aliphatic rings. The van der Waals surface area contributed by atoms with Crippen LogP contribution in [-0.4, -0.2) is 39.2 Å². The monoisotopic (exact) mass is 422 g/mol. The normalized spacial score (nSPS) is 11.8. The molecule has 162 valence electrons. The molecule has 1 heterocycles. The van der Waals surface area contributed by atoms with Gasteiger partial charge in [-0.1, -0.05) is 48.5 Å². The zero-order valence-electron chi connectivity index (χ0n) is 17.6. The molecule has 3 N–H and O–H groups in total. The lowest BCUT2D eigenvalue weighted by Crippen LogP contribution is -2.45. The third kappa shape index (κ3) is 4.92. The number of nitrogens with two attached hydrogens (primary N) is 1. The van der Waals surface area contributed by atoms with E-state index in [0.29, 0.717) is 0 Å². The van der Waals surface area contributed by atoms with Crippen molar-refractivity contribution in [3.63, 3.8) is 0 Å². The van der Waals surface area contributed by atoms with E-state index in [1.54, 1.807) is 11.8 Å². The van der Waals surface area contributed by atoms with Crippen LogP contribution >= 0.6 is 0 Å². The van der Waals surface area contributed by atoms with Gasteiger partial charge in [0.05, 0.1) is 19.2 Å². The summed E-state index contributed by atoms with van der Waals surface area (Å²) in [6, 6.07) is 18.3. The van der Waals surface area contributed by atoms with Crippen molar-refractivity contribution in [3.05, 3.63) is 92.6 Å². The van der Waals surface area contributed by atoms with E-state index < -0.39 is 23.1 Å². The van der Waals surface area contributed by atoms with E-state index in [4.69, 9.17) is 5.73 Å². The van der Waals surface area contributed by atoms with Crippen LogP contribution in [0.4, 0.5) is 11.5 Å². The summed E-state index contributed by atoms with van der Waals surface area (Å²) in [7, 11) is 1.33. The Labute approximate surface area is 179 Å². The second kappa shape index (κ2) is 9.44. The van der Waals surface area contributed by atoms with Gasteiger partial charge in [-0.15, -0.1) is 0 Å². The number of nitrogen functional groups attached to an aromatic ring is 1. The van der Waals surface area contributed by atoms with Gasteiger partial charge in [0.15, 0.2) is 5.78 Å². The van der Waals surface area contributed by atoms with Gasteiger partial charge in [0.1, 0.15) is 11.4 Å². The summed E-state index contributed by atoms with van der Waals surface area (Å²) in [5.74, 6) is -0.684. The van der Waals surface area contributed by atoms with Gasteiger partial charge in [0.2, 0.25) is 0 Å². The van der Waals surface area contributed by atoms with Crippen LogP contribution in [0.2, 0.25) is 0 Å². The topological polar surface area (TPSA) is 111 Å². The van der Waals surface area contributed by atoms with Crippen LogP contribution in [0.5, 0.6) is 0 Å². The molecular formula is C23H26N4O4. The van der Waals surface area contributed by atoms with E-state index in [1.807, 2.05) is 60.7 Å². The number of hydrogen-bond acceptors (Lipinski definition) is 6. The predicted octanol–water partition coefficient (Wildman–Crippen LogP) is 1.25. The van der Waals surface area contributed by atoms with Gasteiger partial charge in [-0.2, -0.15) is 0 Å². The maximum Gasteiger partial charge on any atom is 0.332 e. The number of aliphatic hydroxyl groups excluding tert-OH is 1. The highest BCUT2D eigenvalue weighted by molar-refractivity contribution is 6.02. The fourth-order valence-electron chi connectivity index (χ4n) is 3.44. The number of hydrogen-bond donors (Lipinski definition) is 2. The molecule has 8 nitrogen and oxygen atoms in total. The summed E-state index contributed by atoms with van der Waals surface area (Å²) in [6.07, 6.45) is -0.694.